The van der Waals surface area contributed by atoms with Gasteiger partial charge in [-0.1, -0.05) is 12.1 Å². The van der Waals surface area contributed by atoms with Crippen LogP contribution in [0.3, 0.4) is 0 Å². The van der Waals surface area contributed by atoms with Crippen LogP contribution in [0.1, 0.15) is 17.7 Å². The minimum absolute atomic E-state index is 0.00145. The van der Waals surface area contributed by atoms with E-state index in [0.29, 0.717) is 0 Å². The number of nitrogens with one attached hydrogen (secondary N) is 1. The topological polar surface area (TPSA) is 66.5 Å². The lowest BCUT2D eigenvalue weighted by Crippen LogP contribution is -2.49. The highest BCUT2D eigenvalue weighted by Gasteiger charge is 2.42. The third kappa shape index (κ3) is 4.94. The number of hydrogen-bond donors (Lipinski definition) is 1. The van der Waals surface area contributed by atoms with Gasteiger partial charge in [0.1, 0.15) is 5.82 Å². The van der Waals surface area contributed by atoms with Crippen molar-refractivity contribution in [2.75, 3.05) is 24.6 Å². The summed E-state index contributed by atoms with van der Waals surface area (Å²) in [5.74, 6) is -0.439. The van der Waals surface area contributed by atoms with E-state index in [0.717, 1.165) is 41.2 Å². The van der Waals surface area contributed by atoms with Crippen LogP contribution in [0.15, 0.2) is 42.5 Å². The van der Waals surface area contributed by atoms with Gasteiger partial charge in [-0.3, -0.25) is 9.69 Å². The number of rotatable bonds is 5. The standard InChI is InChI=1S/C21H23FN2O3S2/c22-16-5-3-15(4-6-16)20-9-7-17(28-20)8-10-21(25)23-18-13-29(26,27)14-19(18)24-11-1-2-12-24/h3-10,18-19H,1-2,11-14H2,(H,23,25)/b10-8+. The highest BCUT2D eigenvalue weighted by atomic mass is 32.2. The summed E-state index contributed by atoms with van der Waals surface area (Å²) in [6, 6.07) is 9.62. The van der Waals surface area contributed by atoms with Crippen LogP contribution in [0.2, 0.25) is 0 Å². The molecule has 4 rings (SSSR count). The first kappa shape index (κ1) is 20.3. The predicted molar refractivity (Wildman–Crippen MR) is 114 cm³/mol. The van der Waals surface area contributed by atoms with E-state index < -0.39 is 9.84 Å². The van der Waals surface area contributed by atoms with Crippen molar-refractivity contribution in [2.45, 2.75) is 24.9 Å². The molecule has 2 aliphatic rings. The van der Waals surface area contributed by atoms with Gasteiger partial charge in [-0.15, -0.1) is 11.3 Å². The molecule has 2 aromatic rings. The molecule has 1 aromatic heterocycles. The Balaban J connectivity index is 1.40. The smallest absolute Gasteiger partial charge is 0.244 e. The third-order valence-corrected chi connectivity index (χ3v) is 8.23. The first-order valence-corrected chi connectivity index (χ1v) is 12.3. The number of carbonyl (C=O) groups is 1. The summed E-state index contributed by atoms with van der Waals surface area (Å²) in [5.41, 5.74) is 0.921. The average molecular weight is 435 g/mol. The Hall–Kier alpha value is -2.03. The molecule has 2 fully saturated rings. The Labute approximate surface area is 174 Å². The lowest BCUT2D eigenvalue weighted by atomic mass is 10.1. The summed E-state index contributed by atoms with van der Waals surface area (Å²) in [5, 5.41) is 2.89. The molecule has 2 atom stereocenters. The number of sulfone groups is 1. The van der Waals surface area contributed by atoms with Gasteiger partial charge in [0.15, 0.2) is 9.84 Å². The maximum absolute atomic E-state index is 13.1. The molecular weight excluding hydrogens is 411 g/mol. The Morgan fingerprint density at radius 2 is 1.83 bits per heavy atom. The van der Waals surface area contributed by atoms with Crippen LogP contribution < -0.4 is 5.32 Å². The molecule has 0 saturated carbocycles. The molecule has 0 bridgehead atoms. The second-order valence-corrected chi connectivity index (χ2v) is 10.8. The number of carbonyl (C=O) groups excluding carboxylic acids is 1. The molecular formula is C21H23FN2O3S2. The zero-order chi connectivity index (χ0) is 20.4. The van der Waals surface area contributed by atoms with Gasteiger partial charge < -0.3 is 5.32 Å². The summed E-state index contributed by atoms with van der Waals surface area (Å²) in [6.07, 6.45) is 5.32. The number of benzene rings is 1. The summed E-state index contributed by atoms with van der Waals surface area (Å²) >= 11 is 1.50. The molecule has 1 aromatic carbocycles. The van der Waals surface area contributed by atoms with Gasteiger partial charge in [0.25, 0.3) is 0 Å². The number of halogens is 1. The molecule has 3 heterocycles. The maximum Gasteiger partial charge on any atom is 0.244 e. The molecule has 2 aliphatic heterocycles. The molecule has 5 nitrogen and oxygen atoms in total. The van der Waals surface area contributed by atoms with Gasteiger partial charge >= 0.3 is 0 Å². The molecule has 1 N–H and O–H groups in total. The largest absolute Gasteiger partial charge is 0.347 e. The number of nitrogens with zero attached hydrogens (tertiary/aromatic N) is 1. The van der Waals surface area contributed by atoms with Gasteiger partial charge in [-0.2, -0.15) is 0 Å². The van der Waals surface area contributed by atoms with Crippen LogP contribution >= 0.6 is 11.3 Å². The molecule has 154 valence electrons. The summed E-state index contributed by atoms with van der Waals surface area (Å²) in [7, 11) is -3.13. The fourth-order valence-electron chi connectivity index (χ4n) is 4.00. The normalized spacial score (nSPS) is 24.3. The van der Waals surface area contributed by atoms with Gasteiger partial charge in [-0.25, -0.2) is 12.8 Å². The van der Waals surface area contributed by atoms with Crippen molar-refractivity contribution in [1.82, 2.24) is 10.2 Å². The minimum atomic E-state index is -3.13. The van der Waals surface area contributed by atoms with Crippen molar-refractivity contribution >= 4 is 33.2 Å². The summed E-state index contributed by atoms with van der Waals surface area (Å²) in [6.45, 7) is 1.79. The van der Waals surface area contributed by atoms with E-state index in [4.69, 9.17) is 0 Å². The maximum atomic E-state index is 13.1. The van der Waals surface area contributed by atoms with Gasteiger partial charge in [0.05, 0.1) is 17.5 Å². The lowest BCUT2D eigenvalue weighted by molar-refractivity contribution is -0.117. The van der Waals surface area contributed by atoms with Crippen LogP contribution in [-0.2, 0) is 14.6 Å². The van der Waals surface area contributed by atoms with E-state index in [1.165, 1.54) is 29.5 Å². The fourth-order valence-corrected chi connectivity index (χ4v) is 6.87. The van der Waals surface area contributed by atoms with E-state index in [-0.39, 0.29) is 35.3 Å². The molecule has 2 unspecified atom stereocenters. The van der Waals surface area contributed by atoms with Gasteiger partial charge in [0.2, 0.25) is 5.91 Å². The number of likely N-dealkylation sites (tertiary alicyclic amines) is 1. The van der Waals surface area contributed by atoms with Crippen LogP contribution in [0, 0.1) is 5.82 Å². The SMILES string of the molecule is O=C(/C=C/c1ccc(-c2ccc(F)cc2)s1)NC1CS(=O)(=O)CC1N1CCCC1. The van der Waals surface area contributed by atoms with Gasteiger partial charge in [-0.05, 0) is 61.8 Å². The zero-order valence-electron chi connectivity index (χ0n) is 15.9. The van der Waals surface area contributed by atoms with Crippen molar-refractivity contribution in [1.29, 1.82) is 0 Å². The van der Waals surface area contributed by atoms with Crippen molar-refractivity contribution in [3.63, 3.8) is 0 Å². The minimum Gasteiger partial charge on any atom is -0.347 e. The van der Waals surface area contributed by atoms with E-state index in [2.05, 4.69) is 10.2 Å². The van der Waals surface area contributed by atoms with Crippen molar-refractivity contribution in [2.24, 2.45) is 0 Å². The van der Waals surface area contributed by atoms with Crippen molar-refractivity contribution in [3.8, 4) is 10.4 Å². The predicted octanol–water partition coefficient (Wildman–Crippen LogP) is 2.95. The Kier molecular flexibility index (Phi) is 5.85. The molecule has 0 aliphatic carbocycles. The summed E-state index contributed by atoms with van der Waals surface area (Å²) in [4.78, 5) is 16.5. The molecule has 0 radical (unpaired) electrons. The number of hydrogen-bond acceptors (Lipinski definition) is 5. The first-order valence-electron chi connectivity index (χ1n) is 9.68. The second kappa shape index (κ2) is 8.38. The van der Waals surface area contributed by atoms with E-state index >= 15 is 0 Å². The highest BCUT2D eigenvalue weighted by molar-refractivity contribution is 7.91. The highest BCUT2D eigenvalue weighted by Crippen LogP contribution is 2.29. The summed E-state index contributed by atoms with van der Waals surface area (Å²) < 4.78 is 37.3. The number of amides is 1. The fraction of sp³-hybridized carbons (Fsp3) is 0.381. The van der Waals surface area contributed by atoms with Crippen LogP contribution in [0.25, 0.3) is 16.5 Å². The van der Waals surface area contributed by atoms with Crippen molar-refractivity contribution < 1.29 is 17.6 Å². The lowest BCUT2D eigenvalue weighted by Gasteiger charge is -2.28. The quantitative estimate of drug-likeness (QED) is 0.735. The van der Waals surface area contributed by atoms with Crippen molar-refractivity contribution in [3.05, 3.63) is 53.2 Å². The Bertz CT molecular complexity index is 1010. The van der Waals surface area contributed by atoms with Crippen LogP contribution in [0.4, 0.5) is 4.39 Å². The van der Waals surface area contributed by atoms with E-state index in [1.54, 1.807) is 18.2 Å². The number of thiophene rings is 1. The first-order chi connectivity index (χ1) is 13.9. The monoisotopic (exact) mass is 434 g/mol. The second-order valence-electron chi connectivity index (χ2n) is 7.54. The molecule has 29 heavy (non-hydrogen) atoms. The molecule has 1 amide bonds. The van der Waals surface area contributed by atoms with Crippen LogP contribution in [-0.4, -0.2) is 55.9 Å². The Morgan fingerprint density at radius 3 is 2.55 bits per heavy atom. The van der Waals surface area contributed by atoms with Gasteiger partial charge in [0, 0.05) is 21.9 Å². The average Bonchev–Trinajstić information content (AvgIpc) is 3.41. The Morgan fingerprint density at radius 1 is 1.10 bits per heavy atom. The van der Waals surface area contributed by atoms with E-state index in [9.17, 15) is 17.6 Å². The third-order valence-electron chi connectivity index (χ3n) is 5.41. The van der Waals surface area contributed by atoms with E-state index in [1.807, 2.05) is 12.1 Å². The molecule has 0 spiro atoms. The molecule has 8 heteroatoms. The zero-order valence-corrected chi connectivity index (χ0v) is 17.5. The molecule has 2 saturated heterocycles. The van der Waals surface area contributed by atoms with Crippen LogP contribution in [0.5, 0.6) is 0 Å².